The summed E-state index contributed by atoms with van der Waals surface area (Å²) < 4.78 is 5.40. The van der Waals surface area contributed by atoms with Gasteiger partial charge in [-0.2, -0.15) is 0 Å². The summed E-state index contributed by atoms with van der Waals surface area (Å²) in [6.07, 6.45) is 0.852. The average molecular weight is 388 g/mol. The van der Waals surface area contributed by atoms with Crippen LogP contribution in [0.4, 0.5) is 0 Å². The van der Waals surface area contributed by atoms with E-state index in [4.69, 9.17) is 10.2 Å². The van der Waals surface area contributed by atoms with E-state index in [2.05, 4.69) is 23.2 Å². The van der Waals surface area contributed by atoms with Crippen molar-refractivity contribution in [1.29, 1.82) is 0 Å². The highest BCUT2D eigenvalue weighted by Gasteiger charge is 2.10. The fourth-order valence-corrected chi connectivity index (χ4v) is 3.98. The van der Waals surface area contributed by atoms with Gasteiger partial charge in [-0.3, -0.25) is 4.99 Å². The number of rotatable bonds is 5. The molecule has 1 heterocycles. The third kappa shape index (κ3) is 4.10. The molecular weight excluding hydrogens is 368 g/mol. The smallest absolute Gasteiger partial charge is 0.336 e. The van der Waals surface area contributed by atoms with Crippen LogP contribution >= 0.6 is 11.8 Å². The highest BCUT2D eigenvalue weighted by Crippen LogP contribution is 2.29. The number of fused-ring (bicyclic) bond motifs is 3. The van der Waals surface area contributed by atoms with Gasteiger partial charge in [0.15, 0.2) is 5.17 Å². The predicted octanol–water partition coefficient (Wildman–Crippen LogP) is 4.74. The molecule has 3 aromatic carbocycles. The van der Waals surface area contributed by atoms with Crippen molar-refractivity contribution in [2.75, 3.05) is 6.54 Å². The van der Waals surface area contributed by atoms with Gasteiger partial charge in [0.05, 0.1) is 0 Å². The van der Waals surface area contributed by atoms with Crippen LogP contribution in [-0.4, -0.2) is 11.7 Å². The Kier molecular flexibility index (Phi) is 5.44. The largest absolute Gasteiger partial charge is 0.423 e. The fraction of sp³-hybridized carbons (Fsp3) is 0.130. The van der Waals surface area contributed by atoms with Gasteiger partial charge in [-0.1, -0.05) is 72.4 Å². The second-order valence-corrected chi connectivity index (χ2v) is 7.49. The van der Waals surface area contributed by atoms with Crippen molar-refractivity contribution in [2.24, 2.45) is 10.7 Å². The van der Waals surface area contributed by atoms with E-state index in [-0.39, 0.29) is 5.63 Å². The van der Waals surface area contributed by atoms with Gasteiger partial charge in [0, 0.05) is 23.8 Å². The van der Waals surface area contributed by atoms with E-state index < -0.39 is 0 Å². The van der Waals surface area contributed by atoms with Gasteiger partial charge in [-0.05, 0) is 34.4 Å². The maximum Gasteiger partial charge on any atom is 0.336 e. The van der Waals surface area contributed by atoms with Crippen LogP contribution < -0.4 is 11.4 Å². The molecule has 0 saturated carbocycles. The zero-order valence-electron chi connectivity index (χ0n) is 15.3. The number of nitrogens with zero attached hydrogens (tertiary/aromatic N) is 1. The third-order valence-corrected chi connectivity index (χ3v) is 5.48. The molecule has 0 aliphatic rings. The SMILES string of the molecule is NC(=NCCc1ccccc1)SCc1cc(=O)oc2ccc3ccccc3c12. The summed E-state index contributed by atoms with van der Waals surface area (Å²) in [5.74, 6) is 0.566. The molecule has 140 valence electrons. The standard InChI is InChI=1S/C23H20N2O2S/c24-23(25-13-12-16-6-2-1-3-7-16)28-15-18-14-21(26)27-20-11-10-17-8-4-5-9-19(17)22(18)20/h1-11,14H,12-13,15H2,(H2,24,25). The summed E-state index contributed by atoms with van der Waals surface area (Å²) in [5.41, 5.74) is 8.49. The van der Waals surface area contributed by atoms with Crippen molar-refractivity contribution in [1.82, 2.24) is 0 Å². The number of thioether (sulfide) groups is 1. The molecule has 0 amide bonds. The van der Waals surface area contributed by atoms with Crippen LogP contribution in [0.1, 0.15) is 11.1 Å². The van der Waals surface area contributed by atoms with E-state index >= 15 is 0 Å². The molecule has 4 nitrogen and oxygen atoms in total. The van der Waals surface area contributed by atoms with Gasteiger partial charge in [0.25, 0.3) is 0 Å². The van der Waals surface area contributed by atoms with Crippen molar-refractivity contribution in [3.8, 4) is 0 Å². The van der Waals surface area contributed by atoms with Crippen molar-refractivity contribution < 1.29 is 4.42 Å². The van der Waals surface area contributed by atoms with E-state index in [0.29, 0.717) is 23.0 Å². The molecule has 2 N–H and O–H groups in total. The molecule has 4 aromatic rings. The van der Waals surface area contributed by atoms with Crippen molar-refractivity contribution in [3.05, 3.63) is 94.3 Å². The third-order valence-electron chi connectivity index (χ3n) is 4.60. The Bertz CT molecular complexity index is 1200. The lowest BCUT2D eigenvalue weighted by atomic mass is 10.0. The molecule has 28 heavy (non-hydrogen) atoms. The van der Waals surface area contributed by atoms with Crippen LogP contribution in [0.25, 0.3) is 21.7 Å². The first-order valence-corrected chi connectivity index (χ1v) is 10.1. The molecule has 0 fully saturated rings. The van der Waals surface area contributed by atoms with Crippen LogP contribution in [-0.2, 0) is 12.2 Å². The van der Waals surface area contributed by atoms with Crippen molar-refractivity contribution >= 4 is 38.7 Å². The van der Waals surface area contributed by atoms with Crippen LogP contribution in [0.15, 0.2) is 87.0 Å². The zero-order valence-corrected chi connectivity index (χ0v) is 16.1. The Hall–Kier alpha value is -3.05. The zero-order chi connectivity index (χ0) is 19.3. The molecule has 0 aliphatic carbocycles. The summed E-state index contributed by atoms with van der Waals surface area (Å²) in [7, 11) is 0. The van der Waals surface area contributed by atoms with E-state index in [1.807, 2.05) is 48.5 Å². The van der Waals surface area contributed by atoms with Gasteiger partial charge < -0.3 is 10.2 Å². The van der Waals surface area contributed by atoms with E-state index in [1.54, 1.807) is 6.07 Å². The summed E-state index contributed by atoms with van der Waals surface area (Å²) in [4.78, 5) is 16.4. The Morgan fingerprint density at radius 3 is 2.64 bits per heavy atom. The Balaban J connectivity index is 1.55. The number of hydrogen-bond acceptors (Lipinski definition) is 4. The van der Waals surface area contributed by atoms with Crippen LogP contribution in [0.3, 0.4) is 0 Å². The summed E-state index contributed by atoms with van der Waals surface area (Å²) >= 11 is 1.44. The average Bonchev–Trinajstić information content (AvgIpc) is 2.72. The second-order valence-electron chi connectivity index (χ2n) is 6.49. The molecule has 0 spiro atoms. The normalized spacial score (nSPS) is 11.9. The van der Waals surface area contributed by atoms with Gasteiger partial charge in [0.2, 0.25) is 0 Å². The lowest BCUT2D eigenvalue weighted by Gasteiger charge is -2.08. The topological polar surface area (TPSA) is 68.6 Å². The summed E-state index contributed by atoms with van der Waals surface area (Å²) in [6.45, 7) is 0.642. The highest BCUT2D eigenvalue weighted by molar-refractivity contribution is 8.13. The summed E-state index contributed by atoms with van der Waals surface area (Å²) in [5, 5.41) is 3.67. The quantitative estimate of drug-likeness (QED) is 0.232. The van der Waals surface area contributed by atoms with Gasteiger partial charge in [0.1, 0.15) is 5.58 Å². The van der Waals surface area contributed by atoms with Crippen molar-refractivity contribution in [2.45, 2.75) is 12.2 Å². The number of hydrogen-bond donors (Lipinski definition) is 1. The highest BCUT2D eigenvalue weighted by atomic mass is 32.2. The first-order chi connectivity index (χ1) is 13.7. The first-order valence-electron chi connectivity index (χ1n) is 9.12. The maximum absolute atomic E-state index is 12.0. The molecule has 0 bridgehead atoms. The Morgan fingerprint density at radius 1 is 1.00 bits per heavy atom. The lowest BCUT2D eigenvalue weighted by Crippen LogP contribution is -2.09. The minimum Gasteiger partial charge on any atom is -0.423 e. The van der Waals surface area contributed by atoms with Crippen LogP contribution in [0, 0.1) is 0 Å². The summed E-state index contributed by atoms with van der Waals surface area (Å²) in [6, 6.07) is 23.7. The first kappa shape index (κ1) is 18.3. The van der Waals surface area contributed by atoms with Crippen LogP contribution in [0.5, 0.6) is 0 Å². The molecule has 0 unspecified atom stereocenters. The fourth-order valence-electron chi connectivity index (χ4n) is 3.27. The minimum atomic E-state index is -0.349. The van der Waals surface area contributed by atoms with Crippen LogP contribution in [0.2, 0.25) is 0 Å². The number of benzene rings is 3. The molecule has 0 atom stereocenters. The molecule has 0 saturated heterocycles. The van der Waals surface area contributed by atoms with Gasteiger partial charge in [-0.25, -0.2) is 4.79 Å². The molecule has 4 rings (SSSR count). The molecule has 0 radical (unpaired) electrons. The number of nitrogens with two attached hydrogens (primary N) is 1. The monoisotopic (exact) mass is 388 g/mol. The van der Waals surface area contributed by atoms with Crippen molar-refractivity contribution in [3.63, 3.8) is 0 Å². The maximum atomic E-state index is 12.0. The van der Waals surface area contributed by atoms with E-state index in [1.165, 1.54) is 17.3 Å². The van der Waals surface area contributed by atoms with E-state index in [0.717, 1.165) is 28.1 Å². The second kappa shape index (κ2) is 8.31. The van der Waals surface area contributed by atoms with Gasteiger partial charge >= 0.3 is 5.63 Å². The molecule has 0 aliphatic heterocycles. The molecular formula is C23H20N2O2S. The Labute approximate surface area is 167 Å². The molecule has 5 heteroatoms. The van der Waals surface area contributed by atoms with E-state index in [9.17, 15) is 4.79 Å². The Morgan fingerprint density at radius 2 is 1.79 bits per heavy atom. The lowest BCUT2D eigenvalue weighted by molar-refractivity contribution is 0.560. The number of aliphatic imine (C=N–C) groups is 1. The van der Waals surface area contributed by atoms with Gasteiger partial charge in [-0.15, -0.1) is 0 Å². The predicted molar refractivity (Wildman–Crippen MR) is 118 cm³/mol. The molecule has 1 aromatic heterocycles. The minimum absolute atomic E-state index is 0.349. The number of amidine groups is 1.